The van der Waals surface area contributed by atoms with E-state index in [1.807, 2.05) is 31.2 Å². The number of nitrogens with zero attached hydrogens (tertiary/aromatic N) is 2. The van der Waals surface area contributed by atoms with Gasteiger partial charge in [-0.1, -0.05) is 23.8 Å². The average molecular weight is 433 g/mol. The van der Waals surface area contributed by atoms with Crippen LogP contribution in [0.4, 0.5) is 0 Å². The van der Waals surface area contributed by atoms with Crippen LogP contribution in [0.1, 0.15) is 28.8 Å². The zero-order valence-electron chi connectivity index (χ0n) is 17.7. The van der Waals surface area contributed by atoms with Crippen LogP contribution in [0, 0.1) is 6.92 Å². The summed E-state index contributed by atoms with van der Waals surface area (Å²) in [5.41, 5.74) is 2.17. The molecule has 2 aromatic carbocycles. The topological polar surface area (TPSA) is 91.8 Å². The monoisotopic (exact) mass is 433 g/mol. The fourth-order valence-electron chi connectivity index (χ4n) is 3.68. The largest absolute Gasteiger partial charge is 0.454 e. The molecule has 32 heavy (non-hydrogen) atoms. The number of nitrogens with one attached hydrogen (secondary N) is 1. The number of rotatable bonds is 6. The highest BCUT2D eigenvalue weighted by molar-refractivity contribution is 5.96. The van der Waals surface area contributed by atoms with E-state index in [-0.39, 0.29) is 30.2 Å². The van der Waals surface area contributed by atoms with Gasteiger partial charge in [-0.05, 0) is 38.0 Å². The van der Waals surface area contributed by atoms with Gasteiger partial charge in [0.1, 0.15) is 11.3 Å². The molecule has 0 aliphatic carbocycles. The minimum atomic E-state index is -0.313. The molecule has 1 aromatic heterocycles. The summed E-state index contributed by atoms with van der Waals surface area (Å²) in [7, 11) is 0. The molecular weight excluding hydrogens is 410 g/mol. The van der Waals surface area contributed by atoms with Crippen LogP contribution >= 0.6 is 0 Å². The van der Waals surface area contributed by atoms with Gasteiger partial charge in [0.05, 0.1) is 6.10 Å². The van der Waals surface area contributed by atoms with Crippen LogP contribution in [-0.2, 0) is 4.74 Å². The molecule has 2 aliphatic heterocycles. The molecule has 8 heteroatoms. The van der Waals surface area contributed by atoms with Crippen molar-refractivity contribution in [3.63, 3.8) is 0 Å². The molecule has 0 spiro atoms. The lowest BCUT2D eigenvalue weighted by Gasteiger charge is -2.14. The molecule has 2 aliphatic rings. The van der Waals surface area contributed by atoms with Crippen molar-refractivity contribution in [1.29, 1.82) is 0 Å². The summed E-state index contributed by atoms with van der Waals surface area (Å²) in [4.78, 5) is 21.9. The van der Waals surface area contributed by atoms with Crippen LogP contribution < -0.4 is 19.5 Å². The fourth-order valence-corrected chi connectivity index (χ4v) is 3.68. The summed E-state index contributed by atoms with van der Waals surface area (Å²) in [6, 6.07) is 13.1. The number of amides is 1. The van der Waals surface area contributed by atoms with Crippen LogP contribution in [0.25, 0.3) is 11.4 Å². The van der Waals surface area contributed by atoms with Crippen molar-refractivity contribution >= 4 is 5.91 Å². The maximum atomic E-state index is 12.9. The first kappa shape index (κ1) is 20.3. The molecule has 1 fully saturated rings. The van der Waals surface area contributed by atoms with Crippen LogP contribution in [0.15, 0.2) is 48.7 Å². The van der Waals surface area contributed by atoms with Crippen molar-refractivity contribution in [3.05, 3.63) is 59.8 Å². The standard InChI is InChI=1S/C24H23N3O5/c1-15-4-2-5-16(10-15)22-25-13-19(23(28)26-12-18-6-3-9-29-18)24(27-22)32-17-7-8-20-21(11-17)31-14-30-20/h2,4-5,7-8,10-11,13,18H,3,6,9,12,14H2,1H3,(H,26,28)/t18-/m1/s1. The summed E-state index contributed by atoms with van der Waals surface area (Å²) in [6.07, 6.45) is 3.47. The summed E-state index contributed by atoms with van der Waals surface area (Å²) in [6.45, 7) is 3.33. The van der Waals surface area contributed by atoms with Crippen molar-refractivity contribution in [2.45, 2.75) is 25.9 Å². The van der Waals surface area contributed by atoms with Gasteiger partial charge in [-0.25, -0.2) is 4.98 Å². The fraction of sp³-hybridized carbons (Fsp3) is 0.292. The zero-order chi connectivity index (χ0) is 21.9. The number of benzene rings is 2. The lowest BCUT2D eigenvalue weighted by molar-refractivity contribution is 0.0855. The van der Waals surface area contributed by atoms with Crippen LogP contribution in [-0.4, -0.2) is 41.9 Å². The third kappa shape index (κ3) is 4.36. The van der Waals surface area contributed by atoms with Crippen LogP contribution in [0.5, 0.6) is 23.1 Å². The lowest BCUT2D eigenvalue weighted by Crippen LogP contribution is -2.32. The first-order valence-corrected chi connectivity index (χ1v) is 10.6. The molecular formula is C24H23N3O5. The highest BCUT2D eigenvalue weighted by atomic mass is 16.7. The second-order valence-corrected chi connectivity index (χ2v) is 7.74. The van der Waals surface area contributed by atoms with Crippen LogP contribution in [0.3, 0.4) is 0 Å². The average Bonchev–Trinajstić information content (AvgIpc) is 3.49. The number of ether oxygens (including phenoxy) is 4. The predicted octanol–water partition coefficient (Wildman–Crippen LogP) is 3.88. The number of hydrogen-bond donors (Lipinski definition) is 1. The Labute approximate surface area is 185 Å². The maximum absolute atomic E-state index is 12.9. The van der Waals surface area contributed by atoms with E-state index in [0.29, 0.717) is 29.6 Å². The quantitative estimate of drug-likeness (QED) is 0.631. The Bertz CT molecular complexity index is 1140. The number of carbonyl (C=O) groups is 1. The number of fused-ring (bicyclic) bond motifs is 1. The second-order valence-electron chi connectivity index (χ2n) is 7.74. The predicted molar refractivity (Wildman–Crippen MR) is 116 cm³/mol. The molecule has 1 amide bonds. The Morgan fingerprint density at radius 2 is 2.09 bits per heavy atom. The van der Waals surface area contributed by atoms with E-state index in [1.165, 1.54) is 6.20 Å². The molecule has 164 valence electrons. The van der Waals surface area contributed by atoms with Crippen molar-refractivity contribution in [2.75, 3.05) is 19.9 Å². The van der Waals surface area contributed by atoms with E-state index in [9.17, 15) is 4.79 Å². The van der Waals surface area contributed by atoms with E-state index in [4.69, 9.17) is 18.9 Å². The van der Waals surface area contributed by atoms with Gasteiger partial charge in [-0.3, -0.25) is 4.79 Å². The van der Waals surface area contributed by atoms with Gasteiger partial charge < -0.3 is 24.3 Å². The van der Waals surface area contributed by atoms with E-state index >= 15 is 0 Å². The van der Waals surface area contributed by atoms with Gasteiger partial charge in [-0.2, -0.15) is 4.98 Å². The SMILES string of the molecule is Cc1cccc(-c2ncc(C(=O)NC[C@H]3CCCO3)c(Oc3ccc4c(c3)OCO4)n2)c1. The van der Waals surface area contributed by atoms with Crippen molar-refractivity contribution < 1.29 is 23.7 Å². The van der Waals surface area contributed by atoms with Crippen molar-refractivity contribution in [3.8, 4) is 34.5 Å². The normalized spacial score (nSPS) is 16.7. The minimum Gasteiger partial charge on any atom is -0.454 e. The molecule has 3 aromatic rings. The van der Waals surface area contributed by atoms with E-state index in [1.54, 1.807) is 18.2 Å². The van der Waals surface area contributed by atoms with Gasteiger partial charge in [0.25, 0.3) is 5.91 Å². The van der Waals surface area contributed by atoms with Gasteiger partial charge in [0.2, 0.25) is 12.7 Å². The van der Waals surface area contributed by atoms with E-state index in [2.05, 4.69) is 15.3 Å². The maximum Gasteiger partial charge on any atom is 0.258 e. The molecule has 1 saturated heterocycles. The first-order valence-electron chi connectivity index (χ1n) is 10.6. The Balaban J connectivity index is 1.45. The molecule has 5 rings (SSSR count). The Hall–Kier alpha value is -3.65. The van der Waals surface area contributed by atoms with Gasteiger partial charge >= 0.3 is 0 Å². The van der Waals surface area contributed by atoms with Gasteiger partial charge in [0.15, 0.2) is 17.3 Å². The van der Waals surface area contributed by atoms with E-state index < -0.39 is 0 Å². The van der Waals surface area contributed by atoms with Gasteiger partial charge in [-0.15, -0.1) is 0 Å². The zero-order valence-corrected chi connectivity index (χ0v) is 17.7. The molecule has 1 N–H and O–H groups in total. The Morgan fingerprint density at radius 3 is 2.94 bits per heavy atom. The lowest BCUT2D eigenvalue weighted by atomic mass is 10.1. The summed E-state index contributed by atoms with van der Waals surface area (Å²) >= 11 is 0. The summed E-state index contributed by atoms with van der Waals surface area (Å²) in [5.74, 6) is 2.04. The van der Waals surface area contributed by atoms with E-state index in [0.717, 1.165) is 30.6 Å². The molecule has 3 heterocycles. The van der Waals surface area contributed by atoms with Gasteiger partial charge in [0, 0.05) is 31.0 Å². The molecule has 8 nitrogen and oxygen atoms in total. The van der Waals surface area contributed by atoms with Crippen LogP contribution in [0.2, 0.25) is 0 Å². The number of aromatic nitrogens is 2. The van der Waals surface area contributed by atoms with Crippen molar-refractivity contribution in [2.24, 2.45) is 0 Å². The number of aryl methyl sites for hydroxylation is 1. The Morgan fingerprint density at radius 1 is 1.19 bits per heavy atom. The number of carbonyl (C=O) groups excluding carboxylic acids is 1. The second kappa shape index (κ2) is 8.84. The molecule has 0 radical (unpaired) electrons. The highest BCUT2D eigenvalue weighted by Gasteiger charge is 2.22. The first-order chi connectivity index (χ1) is 15.7. The third-order valence-electron chi connectivity index (χ3n) is 5.35. The smallest absolute Gasteiger partial charge is 0.258 e. The minimum absolute atomic E-state index is 0.0321. The highest BCUT2D eigenvalue weighted by Crippen LogP contribution is 2.37. The summed E-state index contributed by atoms with van der Waals surface area (Å²) in [5, 5.41) is 2.91. The third-order valence-corrected chi connectivity index (χ3v) is 5.35. The van der Waals surface area contributed by atoms with Crippen molar-refractivity contribution in [1.82, 2.24) is 15.3 Å². The molecule has 0 unspecified atom stereocenters. The Kier molecular flexibility index (Phi) is 5.60. The number of hydrogen-bond acceptors (Lipinski definition) is 7. The molecule has 0 saturated carbocycles. The summed E-state index contributed by atoms with van der Waals surface area (Å²) < 4.78 is 22.4. The molecule has 1 atom stereocenters. The molecule has 0 bridgehead atoms.